The Hall–Kier alpha value is 0.180. The first-order valence-electron chi connectivity index (χ1n) is 4.80. The highest BCUT2D eigenvalue weighted by molar-refractivity contribution is 9.12. The molecule has 0 radical (unpaired) electrons. The predicted octanol–water partition coefficient (Wildman–Crippen LogP) is 4.34. The van der Waals surface area contributed by atoms with Gasteiger partial charge in [0.25, 0.3) is 0 Å². The topological polar surface area (TPSA) is 12.0 Å². The van der Waals surface area contributed by atoms with E-state index >= 15 is 0 Å². The number of halogens is 2. The minimum absolute atomic E-state index is 0.350. The van der Waals surface area contributed by atoms with E-state index in [2.05, 4.69) is 56.1 Å². The van der Waals surface area contributed by atoms with Crippen LogP contribution in [0.25, 0.3) is 0 Å². The lowest BCUT2D eigenvalue weighted by Crippen LogP contribution is -2.20. The van der Waals surface area contributed by atoms with Gasteiger partial charge in [0.2, 0.25) is 0 Å². The molecule has 0 aliphatic heterocycles. The van der Waals surface area contributed by atoms with Crippen molar-refractivity contribution in [2.24, 2.45) is 0 Å². The molecule has 1 aromatic heterocycles. The van der Waals surface area contributed by atoms with Gasteiger partial charge in [0, 0.05) is 12.5 Å². The van der Waals surface area contributed by atoms with Crippen molar-refractivity contribution in [1.82, 2.24) is 5.32 Å². The van der Waals surface area contributed by atoms with E-state index in [0.717, 1.165) is 23.2 Å². The fraction of sp³-hybridized carbons (Fsp3) is 0.455. The van der Waals surface area contributed by atoms with Crippen LogP contribution < -0.4 is 5.32 Å². The summed E-state index contributed by atoms with van der Waals surface area (Å²) in [6.07, 6.45) is 7.08. The molecule has 1 N–H and O–H groups in total. The molecule has 0 amide bonds. The third-order valence-electron chi connectivity index (χ3n) is 2.09. The molecule has 0 aliphatic carbocycles. The number of nitrogens with one attached hydrogen (secondary N) is 1. The molecule has 1 unspecified atom stereocenters. The molecular weight excluding hydrogens is 338 g/mol. The van der Waals surface area contributed by atoms with Crippen molar-refractivity contribution in [3.63, 3.8) is 0 Å². The second-order valence-corrected chi connectivity index (χ2v) is 6.88. The number of terminal acetylenes is 1. The summed E-state index contributed by atoms with van der Waals surface area (Å²) in [4.78, 5) is 0. The summed E-state index contributed by atoms with van der Waals surface area (Å²) in [5.41, 5.74) is 1.30. The van der Waals surface area contributed by atoms with E-state index in [1.807, 2.05) is 0 Å². The molecule has 0 aliphatic rings. The van der Waals surface area contributed by atoms with Crippen LogP contribution in [0.5, 0.6) is 0 Å². The maximum absolute atomic E-state index is 5.30. The average molecular weight is 351 g/mol. The fourth-order valence-electron chi connectivity index (χ4n) is 1.43. The first kappa shape index (κ1) is 13.2. The van der Waals surface area contributed by atoms with E-state index in [-0.39, 0.29) is 0 Å². The Morgan fingerprint density at radius 2 is 2.33 bits per heavy atom. The van der Waals surface area contributed by atoms with Gasteiger partial charge < -0.3 is 5.32 Å². The van der Waals surface area contributed by atoms with Crippen molar-refractivity contribution in [2.75, 3.05) is 6.54 Å². The van der Waals surface area contributed by atoms with Crippen molar-refractivity contribution >= 4 is 43.2 Å². The lowest BCUT2D eigenvalue weighted by Gasteiger charge is -2.16. The first-order chi connectivity index (χ1) is 7.19. The van der Waals surface area contributed by atoms with E-state index < -0.39 is 0 Å². The standard InChI is InChI=1S/C11H13Br2NS/c1-3-5-6-9(14-4-2)8-7-10(12)15-11(8)13/h1,7,9,14H,4-6H2,2H3. The van der Waals surface area contributed by atoms with Gasteiger partial charge in [-0.3, -0.25) is 0 Å². The first-order valence-corrected chi connectivity index (χ1v) is 7.20. The zero-order chi connectivity index (χ0) is 11.3. The lowest BCUT2D eigenvalue weighted by molar-refractivity contribution is 0.522. The maximum Gasteiger partial charge on any atom is 0.0758 e. The van der Waals surface area contributed by atoms with Crippen LogP contribution in [0.2, 0.25) is 0 Å². The van der Waals surface area contributed by atoms with Crippen LogP contribution >= 0.6 is 43.2 Å². The van der Waals surface area contributed by atoms with E-state index in [1.54, 1.807) is 11.3 Å². The molecule has 0 saturated heterocycles. The molecule has 1 heterocycles. The van der Waals surface area contributed by atoms with Crippen molar-refractivity contribution in [2.45, 2.75) is 25.8 Å². The summed E-state index contributed by atoms with van der Waals surface area (Å²) in [6.45, 7) is 3.06. The minimum Gasteiger partial charge on any atom is -0.310 e. The number of thiophene rings is 1. The molecule has 0 spiro atoms. The second kappa shape index (κ2) is 6.70. The number of hydrogen-bond donors (Lipinski definition) is 1. The number of rotatable bonds is 5. The van der Waals surface area contributed by atoms with Crippen LogP contribution in [-0.2, 0) is 0 Å². The Bertz CT molecular complexity index is 354. The smallest absolute Gasteiger partial charge is 0.0758 e. The van der Waals surface area contributed by atoms with Gasteiger partial charge in [-0.25, -0.2) is 0 Å². The highest BCUT2D eigenvalue weighted by Gasteiger charge is 2.15. The second-order valence-electron chi connectivity index (χ2n) is 3.13. The van der Waals surface area contributed by atoms with Crippen molar-refractivity contribution in [1.29, 1.82) is 0 Å². The minimum atomic E-state index is 0.350. The summed E-state index contributed by atoms with van der Waals surface area (Å²) in [5, 5.41) is 3.45. The Balaban J connectivity index is 2.79. The van der Waals surface area contributed by atoms with Crippen LogP contribution in [0.15, 0.2) is 13.6 Å². The zero-order valence-electron chi connectivity index (χ0n) is 8.52. The summed E-state index contributed by atoms with van der Waals surface area (Å²) in [5.74, 6) is 2.69. The Morgan fingerprint density at radius 3 is 2.80 bits per heavy atom. The fourth-order valence-corrected chi connectivity index (χ4v) is 4.41. The molecule has 0 fully saturated rings. The molecule has 1 nitrogen and oxygen atoms in total. The summed E-state index contributed by atoms with van der Waals surface area (Å²) < 4.78 is 2.32. The van der Waals surface area contributed by atoms with Crippen molar-refractivity contribution in [3.8, 4) is 12.3 Å². The van der Waals surface area contributed by atoms with E-state index in [9.17, 15) is 0 Å². The van der Waals surface area contributed by atoms with Crippen LogP contribution in [0, 0.1) is 12.3 Å². The summed E-state index contributed by atoms with van der Waals surface area (Å²) >= 11 is 8.77. The molecule has 0 aromatic carbocycles. The van der Waals surface area contributed by atoms with Crippen molar-refractivity contribution < 1.29 is 0 Å². The maximum atomic E-state index is 5.30. The van der Waals surface area contributed by atoms with Gasteiger partial charge in [-0.2, -0.15) is 0 Å². The largest absolute Gasteiger partial charge is 0.310 e. The third-order valence-corrected chi connectivity index (χ3v) is 4.47. The normalized spacial score (nSPS) is 12.4. The van der Waals surface area contributed by atoms with E-state index in [0.29, 0.717) is 6.04 Å². The Morgan fingerprint density at radius 1 is 1.60 bits per heavy atom. The Labute approximate surface area is 112 Å². The number of hydrogen-bond acceptors (Lipinski definition) is 2. The molecule has 82 valence electrons. The van der Waals surface area contributed by atoms with Gasteiger partial charge in [0.15, 0.2) is 0 Å². The highest BCUT2D eigenvalue weighted by atomic mass is 79.9. The molecule has 0 saturated carbocycles. The predicted molar refractivity (Wildman–Crippen MR) is 74.2 cm³/mol. The summed E-state index contributed by atoms with van der Waals surface area (Å²) in [7, 11) is 0. The molecule has 4 heteroatoms. The van der Waals surface area contributed by atoms with E-state index in [1.165, 1.54) is 9.35 Å². The molecule has 0 bridgehead atoms. The van der Waals surface area contributed by atoms with Gasteiger partial charge in [-0.05, 0) is 56.5 Å². The highest BCUT2D eigenvalue weighted by Crippen LogP contribution is 2.36. The monoisotopic (exact) mass is 349 g/mol. The molecule has 1 atom stereocenters. The molecule has 1 rings (SSSR count). The van der Waals surface area contributed by atoms with E-state index in [4.69, 9.17) is 6.42 Å². The van der Waals surface area contributed by atoms with Gasteiger partial charge >= 0.3 is 0 Å². The average Bonchev–Trinajstić information content (AvgIpc) is 2.52. The SMILES string of the molecule is C#CCCC(NCC)c1cc(Br)sc1Br. The van der Waals surface area contributed by atoms with Crippen molar-refractivity contribution in [3.05, 3.63) is 19.2 Å². The third kappa shape index (κ3) is 3.92. The van der Waals surface area contributed by atoms with Crippen LogP contribution in [-0.4, -0.2) is 6.54 Å². The Kier molecular flexibility index (Phi) is 5.91. The molecule has 15 heavy (non-hydrogen) atoms. The quantitative estimate of drug-likeness (QED) is 0.779. The summed E-state index contributed by atoms with van der Waals surface area (Å²) in [6, 6.07) is 2.50. The van der Waals surface area contributed by atoms with Crippen LogP contribution in [0.4, 0.5) is 0 Å². The van der Waals surface area contributed by atoms with Gasteiger partial charge in [0.1, 0.15) is 0 Å². The molecule has 1 aromatic rings. The lowest BCUT2D eigenvalue weighted by atomic mass is 10.1. The zero-order valence-corrected chi connectivity index (χ0v) is 12.5. The molecular formula is C11H13Br2NS. The van der Waals surface area contributed by atoms with Gasteiger partial charge in [-0.15, -0.1) is 23.7 Å². The van der Waals surface area contributed by atoms with Gasteiger partial charge in [0.05, 0.1) is 7.57 Å². The van der Waals surface area contributed by atoms with Crippen LogP contribution in [0.1, 0.15) is 31.4 Å². The van der Waals surface area contributed by atoms with Gasteiger partial charge in [-0.1, -0.05) is 6.92 Å². The van der Waals surface area contributed by atoms with Crippen LogP contribution in [0.3, 0.4) is 0 Å².